The Morgan fingerprint density at radius 3 is 3.14 bits per heavy atom. The molecule has 1 saturated heterocycles. The van der Waals surface area contributed by atoms with Gasteiger partial charge in [-0.15, -0.1) is 0 Å². The Balaban J connectivity index is 2.01. The van der Waals surface area contributed by atoms with E-state index in [2.05, 4.69) is 17.2 Å². The summed E-state index contributed by atoms with van der Waals surface area (Å²) < 4.78 is 13.2. The van der Waals surface area contributed by atoms with Crippen LogP contribution in [0, 0.1) is 5.82 Å². The van der Waals surface area contributed by atoms with Crippen molar-refractivity contribution in [2.24, 2.45) is 0 Å². The third-order valence-corrected chi connectivity index (χ3v) is 3.65. The number of anilines is 1. The van der Waals surface area contributed by atoms with Crippen molar-refractivity contribution in [2.75, 3.05) is 11.1 Å². The lowest BCUT2D eigenvalue weighted by atomic mass is 10.2. The highest BCUT2D eigenvalue weighted by molar-refractivity contribution is 8.00. The second-order valence-corrected chi connectivity index (χ2v) is 5.03. The number of hydrogen-bond donors (Lipinski definition) is 1. The van der Waals surface area contributed by atoms with Gasteiger partial charge >= 0.3 is 0 Å². The maximum Gasteiger partial charge on any atom is 0.165 e. The topological polar surface area (TPSA) is 24.9 Å². The third kappa shape index (κ3) is 2.18. The lowest BCUT2D eigenvalue weighted by molar-refractivity contribution is 0.618. The van der Waals surface area contributed by atoms with Gasteiger partial charge in [0.1, 0.15) is 0 Å². The standard InChI is InChI=1S/C10H13FN2S/c1-7-5-8(6-14-7)13-10-9(11)3-2-4-12-10/h2-4,7-8H,5-6H2,1H3,(H,12,13). The zero-order valence-corrected chi connectivity index (χ0v) is 8.85. The fourth-order valence-corrected chi connectivity index (χ4v) is 2.75. The Labute approximate surface area is 87.3 Å². The van der Waals surface area contributed by atoms with Gasteiger partial charge in [0.05, 0.1) is 0 Å². The molecule has 1 aromatic rings. The van der Waals surface area contributed by atoms with Crippen LogP contribution in [0.4, 0.5) is 10.2 Å². The Morgan fingerprint density at radius 1 is 1.64 bits per heavy atom. The van der Waals surface area contributed by atoms with Crippen molar-refractivity contribution >= 4 is 17.6 Å². The minimum Gasteiger partial charge on any atom is -0.364 e. The molecule has 0 saturated carbocycles. The summed E-state index contributed by atoms with van der Waals surface area (Å²) in [6.45, 7) is 2.20. The fourth-order valence-electron chi connectivity index (χ4n) is 1.60. The lowest BCUT2D eigenvalue weighted by Gasteiger charge is -2.12. The first-order chi connectivity index (χ1) is 6.75. The van der Waals surface area contributed by atoms with Crippen molar-refractivity contribution in [3.63, 3.8) is 0 Å². The molecule has 0 spiro atoms. The van der Waals surface area contributed by atoms with Crippen LogP contribution in [0.25, 0.3) is 0 Å². The van der Waals surface area contributed by atoms with E-state index in [1.54, 1.807) is 12.3 Å². The first-order valence-corrected chi connectivity index (χ1v) is 5.79. The smallest absolute Gasteiger partial charge is 0.165 e. The number of thioether (sulfide) groups is 1. The Bertz CT molecular complexity index is 319. The van der Waals surface area contributed by atoms with E-state index in [-0.39, 0.29) is 5.82 Å². The normalized spacial score (nSPS) is 26.4. The highest BCUT2D eigenvalue weighted by atomic mass is 32.2. The van der Waals surface area contributed by atoms with Crippen molar-refractivity contribution in [1.82, 2.24) is 4.98 Å². The summed E-state index contributed by atoms with van der Waals surface area (Å²) in [6, 6.07) is 3.40. The van der Waals surface area contributed by atoms with Gasteiger partial charge in [0.2, 0.25) is 0 Å². The van der Waals surface area contributed by atoms with Crippen molar-refractivity contribution in [3.05, 3.63) is 24.1 Å². The molecule has 4 heteroatoms. The summed E-state index contributed by atoms with van der Waals surface area (Å²) >= 11 is 1.92. The number of rotatable bonds is 2. The molecular weight excluding hydrogens is 199 g/mol. The Kier molecular flexibility index (Phi) is 2.91. The van der Waals surface area contributed by atoms with E-state index >= 15 is 0 Å². The molecule has 2 atom stereocenters. The molecule has 2 unspecified atom stereocenters. The van der Waals surface area contributed by atoms with Crippen molar-refractivity contribution < 1.29 is 4.39 Å². The number of aromatic nitrogens is 1. The molecular formula is C10H13FN2S. The molecule has 0 aromatic carbocycles. The van der Waals surface area contributed by atoms with Crippen LogP contribution in [0.15, 0.2) is 18.3 Å². The molecule has 2 heterocycles. The highest BCUT2D eigenvalue weighted by Crippen LogP contribution is 2.28. The van der Waals surface area contributed by atoms with Gasteiger partial charge in [-0.25, -0.2) is 9.37 Å². The van der Waals surface area contributed by atoms with Crippen molar-refractivity contribution in [1.29, 1.82) is 0 Å². The second-order valence-electron chi connectivity index (χ2n) is 3.55. The SMILES string of the molecule is CC1CC(Nc2ncccc2F)CS1. The zero-order chi connectivity index (χ0) is 9.97. The van der Waals surface area contributed by atoms with Gasteiger partial charge in [0.25, 0.3) is 0 Å². The van der Waals surface area contributed by atoms with Gasteiger partial charge in [-0.1, -0.05) is 6.92 Å². The van der Waals surface area contributed by atoms with Gasteiger partial charge < -0.3 is 5.32 Å². The van der Waals surface area contributed by atoms with Crippen molar-refractivity contribution in [3.8, 4) is 0 Å². The van der Waals surface area contributed by atoms with E-state index in [0.717, 1.165) is 12.2 Å². The average Bonchev–Trinajstić information content (AvgIpc) is 2.56. The molecule has 2 nitrogen and oxygen atoms in total. The molecule has 0 bridgehead atoms. The van der Waals surface area contributed by atoms with E-state index in [9.17, 15) is 4.39 Å². The van der Waals surface area contributed by atoms with E-state index in [4.69, 9.17) is 0 Å². The Hall–Kier alpha value is -0.770. The van der Waals surface area contributed by atoms with Crippen molar-refractivity contribution in [2.45, 2.75) is 24.6 Å². The van der Waals surface area contributed by atoms with Crippen LogP contribution < -0.4 is 5.32 Å². The van der Waals surface area contributed by atoms with Gasteiger partial charge in [-0.05, 0) is 18.6 Å². The largest absolute Gasteiger partial charge is 0.364 e. The quantitative estimate of drug-likeness (QED) is 0.815. The molecule has 1 aromatic heterocycles. The molecule has 1 aliphatic heterocycles. The monoisotopic (exact) mass is 212 g/mol. The van der Waals surface area contributed by atoms with E-state index in [0.29, 0.717) is 17.1 Å². The summed E-state index contributed by atoms with van der Waals surface area (Å²) in [5.41, 5.74) is 0. The molecule has 76 valence electrons. The summed E-state index contributed by atoms with van der Waals surface area (Å²) in [6.07, 6.45) is 2.69. The maximum atomic E-state index is 13.2. The summed E-state index contributed by atoms with van der Waals surface area (Å²) in [7, 11) is 0. The van der Waals surface area contributed by atoms with Crippen LogP contribution in [0.3, 0.4) is 0 Å². The first-order valence-electron chi connectivity index (χ1n) is 4.74. The summed E-state index contributed by atoms with van der Waals surface area (Å²) in [4.78, 5) is 3.97. The molecule has 2 rings (SSSR count). The zero-order valence-electron chi connectivity index (χ0n) is 8.03. The van der Waals surface area contributed by atoms with E-state index in [1.807, 2.05) is 11.8 Å². The number of nitrogens with zero attached hydrogens (tertiary/aromatic N) is 1. The van der Waals surface area contributed by atoms with Crippen LogP contribution in [0.1, 0.15) is 13.3 Å². The second kappa shape index (κ2) is 4.17. The minimum atomic E-state index is -0.267. The lowest BCUT2D eigenvalue weighted by Crippen LogP contribution is -2.20. The molecule has 0 radical (unpaired) electrons. The fraction of sp³-hybridized carbons (Fsp3) is 0.500. The number of pyridine rings is 1. The highest BCUT2D eigenvalue weighted by Gasteiger charge is 2.22. The molecule has 1 aliphatic rings. The summed E-state index contributed by atoms with van der Waals surface area (Å²) in [5.74, 6) is 1.15. The van der Waals surface area contributed by atoms with Crippen LogP contribution in [-0.2, 0) is 0 Å². The predicted molar refractivity (Wildman–Crippen MR) is 58.1 cm³/mol. The molecule has 1 N–H and O–H groups in total. The van der Waals surface area contributed by atoms with Gasteiger partial charge in [-0.2, -0.15) is 11.8 Å². The van der Waals surface area contributed by atoms with Crippen LogP contribution in [0.2, 0.25) is 0 Å². The van der Waals surface area contributed by atoms with Gasteiger partial charge in [0, 0.05) is 23.2 Å². The van der Waals surface area contributed by atoms with E-state index in [1.165, 1.54) is 6.07 Å². The minimum absolute atomic E-state index is 0.267. The van der Waals surface area contributed by atoms with Gasteiger partial charge in [0.15, 0.2) is 11.6 Å². The van der Waals surface area contributed by atoms with Crippen LogP contribution in [0.5, 0.6) is 0 Å². The number of nitrogens with one attached hydrogen (secondary N) is 1. The Morgan fingerprint density at radius 2 is 2.50 bits per heavy atom. The van der Waals surface area contributed by atoms with E-state index < -0.39 is 0 Å². The van der Waals surface area contributed by atoms with Crippen LogP contribution >= 0.6 is 11.8 Å². The molecule has 1 fully saturated rings. The first kappa shape index (κ1) is 9.77. The number of halogens is 1. The number of hydrogen-bond acceptors (Lipinski definition) is 3. The molecule has 14 heavy (non-hydrogen) atoms. The molecule has 0 amide bonds. The van der Waals surface area contributed by atoms with Gasteiger partial charge in [-0.3, -0.25) is 0 Å². The maximum absolute atomic E-state index is 13.2. The average molecular weight is 212 g/mol. The van der Waals surface area contributed by atoms with Crippen LogP contribution in [-0.4, -0.2) is 22.0 Å². The predicted octanol–water partition coefficient (Wildman–Crippen LogP) is 2.53. The molecule has 0 aliphatic carbocycles. The third-order valence-electron chi connectivity index (χ3n) is 2.30. The summed E-state index contributed by atoms with van der Waals surface area (Å²) in [5, 5.41) is 3.80.